The van der Waals surface area contributed by atoms with Gasteiger partial charge in [-0.1, -0.05) is 17.7 Å². The van der Waals surface area contributed by atoms with Gasteiger partial charge < -0.3 is 24.8 Å². The van der Waals surface area contributed by atoms with E-state index in [1.807, 2.05) is 38.4 Å². The Bertz CT molecular complexity index is 1700. The van der Waals surface area contributed by atoms with Crippen LogP contribution in [0.1, 0.15) is 57.2 Å². The molecule has 13 nitrogen and oxygen atoms in total. The van der Waals surface area contributed by atoms with Gasteiger partial charge >= 0.3 is 0 Å². The number of anilines is 2. The summed E-state index contributed by atoms with van der Waals surface area (Å²) in [6.45, 7) is 5.72. The highest BCUT2D eigenvalue weighted by Gasteiger charge is 2.37. The molecule has 1 unspecified atom stereocenters. The third-order valence-electron chi connectivity index (χ3n) is 9.99. The highest BCUT2D eigenvalue weighted by molar-refractivity contribution is 6.32. The lowest BCUT2D eigenvalue weighted by Gasteiger charge is -2.43. The average Bonchev–Trinajstić information content (AvgIpc) is 3.57. The number of rotatable bonds is 13. The summed E-state index contributed by atoms with van der Waals surface area (Å²) in [7, 11) is 1.90. The van der Waals surface area contributed by atoms with Gasteiger partial charge in [0, 0.05) is 49.8 Å². The van der Waals surface area contributed by atoms with Crippen LogP contribution in [0.4, 0.5) is 11.6 Å². The molecule has 3 aliphatic heterocycles. The second kappa shape index (κ2) is 15.1. The topological polar surface area (TPSA) is 140 Å². The summed E-state index contributed by atoms with van der Waals surface area (Å²) in [6, 6.07) is 9.00. The van der Waals surface area contributed by atoms with E-state index >= 15 is 0 Å². The number of halogens is 1. The Kier molecular flexibility index (Phi) is 10.3. The molecule has 4 fully saturated rings. The summed E-state index contributed by atoms with van der Waals surface area (Å²) in [4.78, 5) is 12.0. The Morgan fingerprint density at radius 3 is 2.61 bits per heavy atom. The largest absolute Gasteiger partial charge is 0.487 e. The van der Waals surface area contributed by atoms with E-state index < -0.39 is 0 Å². The number of aromatic nitrogens is 6. The Labute approximate surface area is 291 Å². The standard InChI is InChI=1S/C35H45ClN10O3/c1-23(14-38-22-37)49-33-13-25(4-10-31(33)36)26-15-39-35(40-16-26)42-32-18-46(43-34(32)48-21-29-11-12-41-44(29)2)28-8-6-27(7-9-28)45-17-24-3-5-30(45)20-47-19-24/h4,10-13,15-16,18,22-24,27-28,30H,3,5-9,14,17,19-21H2,1-2H3,(H2,37,38)(H,39,40,42)/t23-,24?,27-,28-,30+/m0/s1. The molecule has 3 saturated heterocycles. The van der Waals surface area contributed by atoms with Crippen molar-refractivity contribution >= 4 is 29.6 Å². The molecule has 2 bridgehead atoms. The van der Waals surface area contributed by atoms with E-state index in [1.54, 1.807) is 29.3 Å². The molecule has 4 aromatic rings. The van der Waals surface area contributed by atoms with Crippen molar-refractivity contribution < 1.29 is 14.2 Å². The van der Waals surface area contributed by atoms with Gasteiger partial charge in [0.2, 0.25) is 5.95 Å². The zero-order chi connectivity index (χ0) is 33.7. The van der Waals surface area contributed by atoms with Crippen molar-refractivity contribution in [3.05, 3.63) is 59.8 Å². The zero-order valence-electron chi connectivity index (χ0n) is 28.1. The summed E-state index contributed by atoms with van der Waals surface area (Å²) >= 11 is 6.42. The van der Waals surface area contributed by atoms with Crippen molar-refractivity contribution in [1.82, 2.24) is 39.7 Å². The van der Waals surface area contributed by atoms with Gasteiger partial charge in [0.05, 0.1) is 49.1 Å². The van der Waals surface area contributed by atoms with Crippen molar-refractivity contribution in [2.24, 2.45) is 13.0 Å². The first kappa shape index (κ1) is 33.3. The second-order valence-electron chi connectivity index (χ2n) is 13.4. The number of ether oxygens (including phenoxy) is 3. The first-order valence-electron chi connectivity index (χ1n) is 17.2. The predicted octanol–water partition coefficient (Wildman–Crippen LogP) is 5.61. The minimum absolute atomic E-state index is 0.174. The zero-order valence-corrected chi connectivity index (χ0v) is 28.9. The SMILES string of the molecule is C[C@@H](CNC=N)Oc1cc(-c2cnc(Nc3cn([C@H]4CC[C@H](N5CC6CC[C@@H]5COC6)CC4)nc3OCc3ccnn3C)nc2)ccc1Cl. The van der Waals surface area contributed by atoms with Crippen molar-refractivity contribution in [3.8, 4) is 22.8 Å². The smallest absolute Gasteiger partial charge is 0.257 e. The number of hydrogen-bond acceptors (Lipinski definition) is 10. The Hall–Kier alpha value is -4.20. The van der Waals surface area contributed by atoms with Crippen LogP contribution in [0, 0.1) is 11.3 Å². The second-order valence-corrected chi connectivity index (χ2v) is 13.8. The summed E-state index contributed by atoms with van der Waals surface area (Å²) in [5, 5.41) is 23.1. The van der Waals surface area contributed by atoms with Crippen LogP contribution in [0.3, 0.4) is 0 Å². The number of hydrogen-bond donors (Lipinski definition) is 3. The summed E-state index contributed by atoms with van der Waals surface area (Å²) in [5.74, 6) is 2.18. The van der Waals surface area contributed by atoms with E-state index in [4.69, 9.17) is 36.3 Å². The molecule has 0 radical (unpaired) electrons. The van der Waals surface area contributed by atoms with Gasteiger partial charge in [0.25, 0.3) is 5.88 Å². The Balaban J connectivity index is 1.05. The first-order chi connectivity index (χ1) is 23.9. The monoisotopic (exact) mass is 688 g/mol. The first-order valence-corrected chi connectivity index (χ1v) is 17.6. The predicted molar refractivity (Wildman–Crippen MR) is 188 cm³/mol. The van der Waals surface area contributed by atoms with E-state index in [0.29, 0.717) is 65.5 Å². The Morgan fingerprint density at radius 2 is 1.84 bits per heavy atom. The molecule has 3 atom stereocenters. The summed E-state index contributed by atoms with van der Waals surface area (Å²) < 4.78 is 22.1. The van der Waals surface area contributed by atoms with Crippen molar-refractivity contribution in [2.45, 2.75) is 76.3 Å². The lowest BCUT2D eigenvalue weighted by molar-refractivity contribution is 0.0459. The van der Waals surface area contributed by atoms with Crippen LogP contribution in [-0.2, 0) is 18.4 Å². The van der Waals surface area contributed by atoms with Gasteiger partial charge in [-0.05, 0) is 75.1 Å². The molecular formula is C35H45ClN10O3. The fourth-order valence-electron chi connectivity index (χ4n) is 7.28. The molecule has 0 amide bonds. The Morgan fingerprint density at radius 1 is 1.04 bits per heavy atom. The van der Waals surface area contributed by atoms with Gasteiger partial charge in [-0.3, -0.25) is 19.7 Å². The number of aryl methyl sites for hydroxylation is 1. The molecule has 1 saturated carbocycles. The van der Waals surface area contributed by atoms with Crippen molar-refractivity contribution in [1.29, 1.82) is 5.41 Å². The minimum atomic E-state index is -0.174. The lowest BCUT2D eigenvalue weighted by atomic mass is 9.86. The van der Waals surface area contributed by atoms with Crippen LogP contribution >= 0.6 is 11.6 Å². The molecule has 0 spiro atoms. The molecule has 4 aliphatic rings. The number of benzene rings is 1. The van der Waals surface area contributed by atoms with Crippen LogP contribution in [-0.4, -0.2) is 85.3 Å². The molecule has 14 heteroatoms. The van der Waals surface area contributed by atoms with Gasteiger partial charge in [-0.2, -0.15) is 5.10 Å². The van der Waals surface area contributed by atoms with E-state index in [0.717, 1.165) is 62.1 Å². The maximum atomic E-state index is 7.17. The lowest BCUT2D eigenvalue weighted by Crippen LogP contribution is -2.50. The molecule has 49 heavy (non-hydrogen) atoms. The number of fused-ring (bicyclic) bond motifs is 4. The molecule has 6 heterocycles. The van der Waals surface area contributed by atoms with E-state index in [1.165, 1.54) is 19.4 Å². The van der Waals surface area contributed by atoms with Crippen LogP contribution in [0.15, 0.2) is 49.1 Å². The minimum Gasteiger partial charge on any atom is -0.487 e. The van der Waals surface area contributed by atoms with Gasteiger partial charge in [0.1, 0.15) is 24.1 Å². The molecule has 3 N–H and O–H groups in total. The molecule has 3 aromatic heterocycles. The quantitative estimate of drug-likeness (QED) is 0.120. The normalized spacial score (nSPS) is 23.1. The van der Waals surface area contributed by atoms with E-state index in [9.17, 15) is 0 Å². The maximum absolute atomic E-state index is 7.17. The molecule has 260 valence electrons. The fraction of sp³-hybridized carbons (Fsp3) is 0.514. The van der Waals surface area contributed by atoms with Crippen LogP contribution in [0.2, 0.25) is 5.02 Å². The van der Waals surface area contributed by atoms with E-state index in [2.05, 4.69) is 35.3 Å². The number of nitrogens with one attached hydrogen (secondary N) is 3. The fourth-order valence-corrected chi connectivity index (χ4v) is 7.44. The maximum Gasteiger partial charge on any atom is 0.257 e. The van der Waals surface area contributed by atoms with Gasteiger partial charge in [0.15, 0.2) is 0 Å². The van der Waals surface area contributed by atoms with Crippen LogP contribution in [0.5, 0.6) is 11.6 Å². The third kappa shape index (κ3) is 7.84. The van der Waals surface area contributed by atoms with E-state index in [-0.39, 0.29) is 6.10 Å². The average molecular weight is 689 g/mol. The van der Waals surface area contributed by atoms with Crippen molar-refractivity contribution in [2.75, 3.05) is 31.6 Å². The molecule has 8 rings (SSSR count). The highest BCUT2D eigenvalue weighted by atomic mass is 35.5. The third-order valence-corrected chi connectivity index (χ3v) is 10.3. The number of piperidine rings is 1. The summed E-state index contributed by atoms with van der Waals surface area (Å²) in [5.41, 5.74) is 3.36. The highest BCUT2D eigenvalue weighted by Crippen LogP contribution is 2.38. The van der Waals surface area contributed by atoms with Gasteiger partial charge in [-0.25, -0.2) is 9.97 Å². The molecular weight excluding hydrogens is 644 g/mol. The summed E-state index contributed by atoms with van der Waals surface area (Å²) in [6.07, 6.45) is 15.3. The van der Waals surface area contributed by atoms with Crippen LogP contribution in [0.25, 0.3) is 11.1 Å². The van der Waals surface area contributed by atoms with Crippen LogP contribution < -0.4 is 20.1 Å². The van der Waals surface area contributed by atoms with Gasteiger partial charge in [-0.15, -0.1) is 5.10 Å². The number of nitrogens with zero attached hydrogens (tertiary/aromatic N) is 7. The molecule has 1 aromatic carbocycles. The van der Waals surface area contributed by atoms with Crippen molar-refractivity contribution in [3.63, 3.8) is 0 Å². The molecule has 1 aliphatic carbocycles.